The molecule has 2 aliphatic heterocycles. The zero-order valence-electron chi connectivity index (χ0n) is 15.7. The summed E-state index contributed by atoms with van der Waals surface area (Å²) in [6.45, 7) is 0. The van der Waals surface area contributed by atoms with E-state index in [9.17, 15) is 0 Å². The molecule has 2 aromatic carbocycles. The van der Waals surface area contributed by atoms with Gasteiger partial charge in [0.2, 0.25) is 0 Å². The molecule has 28 heavy (non-hydrogen) atoms. The Morgan fingerprint density at radius 3 is 2.36 bits per heavy atom. The fourth-order valence-electron chi connectivity index (χ4n) is 5.05. The smallest absolute Gasteiger partial charge is 0.0983 e. The van der Waals surface area contributed by atoms with Gasteiger partial charge in [0.1, 0.15) is 0 Å². The zero-order valence-corrected chi connectivity index (χ0v) is 18.0. The summed E-state index contributed by atoms with van der Waals surface area (Å²) in [7, 11) is 2.29. The number of aromatic nitrogens is 1. The van der Waals surface area contributed by atoms with Crippen molar-refractivity contribution >= 4 is 34.5 Å². The van der Waals surface area contributed by atoms with Gasteiger partial charge in [0.25, 0.3) is 0 Å². The van der Waals surface area contributed by atoms with Crippen LogP contribution in [0.5, 0.6) is 0 Å². The largest absolute Gasteiger partial charge is 0.300 e. The molecule has 144 valence electrons. The summed E-state index contributed by atoms with van der Waals surface area (Å²) in [5.41, 5.74) is 2.58. The van der Waals surface area contributed by atoms with Crippen molar-refractivity contribution in [1.29, 1.82) is 0 Å². The van der Waals surface area contributed by atoms with E-state index in [0.29, 0.717) is 23.9 Å². The van der Waals surface area contributed by atoms with E-state index in [4.69, 9.17) is 28.2 Å². The van der Waals surface area contributed by atoms with E-state index in [0.717, 1.165) is 10.0 Å². The maximum absolute atomic E-state index is 6.15. The Morgan fingerprint density at radius 2 is 1.64 bits per heavy atom. The highest BCUT2D eigenvalue weighted by molar-refractivity contribution is 7.15. The van der Waals surface area contributed by atoms with Crippen LogP contribution in [0.25, 0.3) is 10.4 Å². The average Bonchev–Trinajstić information content (AvgIpc) is 3.26. The van der Waals surface area contributed by atoms with Gasteiger partial charge in [-0.05, 0) is 67.6 Å². The minimum absolute atomic E-state index is 0.427. The number of nitrogens with zero attached hydrogens (tertiary/aromatic N) is 2. The summed E-state index contributed by atoms with van der Waals surface area (Å²) >= 11 is 14.0. The number of halogens is 2. The second-order valence-corrected chi connectivity index (χ2v) is 9.89. The van der Waals surface area contributed by atoms with Gasteiger partial charge in [0, 0.05) is 34.2 Å². The molecule has 2 saturated heterocycles. The number of hydrogen-bond donors (Lipinski definition) is 0. The minimum atomic E-state index is 0.427. The van der Waals surface area contributed by atoms with Crippen LogP contribution in [0.4, 0.5) is 0 Å². The van der Waals surface area contributed by atoms with Crippen LogP contribution in [0.2, 0.25) is 10.0 Å². The molecule has 1 aromatic heterocycles. The van der Waals surface area contributed by atoms with Gasteiger partial charge in [-0.2, -0.15) is 0 Å². The maximum atomic E-state index is 6.15. The van der Waals surface area contributed by atoms with E-state index in [-0.39, 0.29) is 0 Å². The summed E-state index contributed by atoms with van der Waals surface area (Å²) in [6, 6.07) is 17.7. The summed E-state index contributed by atoms with van der Waals surface area (Å²) in [4.78, 5) is 8.73. The molecular formula is C23H22Cl2N2S. The molecule has 3 aromatic rings. The van der Waals surface area contributed by atoms with Crippen LogP contribution in [0.3, 0.4) is 0 Å². The van der Waals surface area contributed by atoms with Crippen molar-refractivity contribution in [2.75, 3.05) is 7.05 Å². The van der Waals surface area contributed by atoms with Gasteiger partial charge >= 0.3 is 0 Å². The lowest BCUT2D eigenvalue weighted by Gasteiger charge is -2.42. The fraction of sp³-hybridized carbons (Fsp3) is 0.348. The zero-order chi connectivity index (χ0) is 19.3. The first kappa shape index (κ1) is 18.6. The predicted molar refractivity (Wildman–Crippen MR) is 119 cm³/mol. The van der Waals surface area contributed by atoms with Crippen molar-refractivity contribution in [3.8, 4) is 10.4 Å². The highest BCUT2D eigenvalue weighted by Crippen LogP contribution is 2.52. The lowest BCUT2D eigenvalue weighted by molar-refractivity contribution is 0.137. The van der Waals surface area contributed by atoms with Crippen LogP contribution in [0, 0.1) is 0 Å². The quantitative estimate of drug-likeness (QED) is 0.453. The van der Waals surface area contributed by atoms with Crippen molar-refractivity contribution < 1.29 is 0 Å². The molecule has 0 spiro atoms. The van der Waals surface area contributed by atoms with Crippen molar-refractivity contribution in [1.82, 2.24) is 9.88 Å². The lowest BCUT2D eigenvalue weighted by Crippen LogP contribution is -2.44. The highest BCUT2D eigenvalue weighted by Gasteiger charge is 2.47. The lowest BCUT2D eigenvalue weighted by atomic mass is 9.76. The first-order valence-electron chi connectivity index (χ1n) is 9.79. The van der Waals surface area contributed by atoms with Gasteiger partial charge in [0.15, 0.2) is 0 Å². The van der Waals surface area contributed by atoms with Gasteiger partial charge in [-0.3, -0.25) is 4.90 Å². The second kappa shape index (κ2) is 7.46. The van der Waals surface area contributed by atoms with Gasteiger partial charge in [-0.1, -0.05) is 47.5 Å². The first-order chi connectivity index (χ1) is 13.6. The third kappa shape index (κ3) is 3.29. The normalized spacial score (nSPS) is 27.2. The van der Waals surface area contributed by atoms with Gasteiger partial charge in [-0.15, -0.1) is 11.3 Å². The molecule has 3 heterocycles. The van der Waals surface area contributed by atoms with Gasteiger partial charge in [0.05, 0.1) is 9.88 Å². The minimum Gasteiger partial charge on any atom is -0.300 e. The monoisotopic (exact) mass is 428 g/mol. The van der Waals surface area contributed by atoms with Crippen molar-refractivity contribution in [2.45, 2.75) is 43.2 Å². The van der Waals surface area contributed by atoms with Crippen LogP contribution < -0.4 is 0 Å². The van der Waals surface area contributed by atoms with Crippen molar-refractivity contribution in [3.05, 3.63) is 75.3 Å². The van der Waals surface area contributed by atoms with Crippen LogP contribution in [-0.2, 0) is 0 Å². The van der Waals surface area contributed by atoms with Crippen LogP contribution >= 0.6 is 34.5 Å². The topological polar surface area (TPSA) is 16.1 Å². The van der Waals surface area contributed by atoms with Crippen LogP contribution in [0.15, 0.2) is 54.7 Å². The Hall–Kier alpha value is -1.39. The van der Waals surface area contributed by atoms with Crippen LogP contribution in [0.1, 0.15) is 41.7 Å². The summed E-state index contributed by atoms with van der Waals surface area (Å²) < 4.78 is 0. The average molecular weight is 429 g/mol. The number of hydrogen-bond acceptors (Lipinski definition) is 3. The number of thiazole rings is 1. The Balaban J connectivity index is 1.53. The molecule has 0 N–H and O–H groups in total. The van der Waals surface area contributed by atoms with E-state index >= 15 is 0 Å². The van der Waals surface area contributed by atoms with Crippen molar-refractivity contribution in [2.24, 2.45) is 0 Å². The summed E-state index contributed by atoms with van der Waals surface area (Å²) in [5, 5.41) is 2.82. The summed E-state index contributed by atoms with van der Waals surface area (Å²) in [6.07, 6.45) is 5.77. The van der Waals surface area contributed by atoms with E-state index in [1.807, 2.05) is 41.8 Å². The predicted octanol–water partition coefficient (Wildman–Crippen LogP) is 6.85. The molecule has 2 fully saturated rings. The van der Waals surface area contributed by atoms with E-state index in [1.165, 1.54) is 40.3 Å². The molecule has 5 heteroatoms. The Bertz CT molecular complexity index is 967. The number of fused-ring (bicyclic) bond motifs is 2. The Labute approximate surface area is 180 Å². The molecular weight excluding hydrogens is 407 g/mol. The third-order valence-electron chi connectivity index (χ3n) is 6.50. The molecule has 0 unspecified atom stereocenters. The van der Waals surface area contributed by atoms with Crippen LogP contribution in [-0.4, -0.2) is 29.0 Å². The molecule has 5 rings (SSSR count). The summed E-state index contributed by atoms with van der Waals surface area (Å²) in [5.74, 6) is 0.922. The van der Waals surface area contributed by atoms with E-state index in [2.05, 4.69) is 36.2 Å². The fourth-order valence-corrected chi connectivity index (χ4v) is 6.44. The van der Waals surface area contributed by atoms with E-state index in [1.54, 1.807) is 0 Å². The number of rotatable bonds is 3. The third-order valence-corrected chi connectivity index (χ3v) is 8.16. The molecule has 0 aliphatic carbocycles. The molecule has 2 bridgehead atoms. The molecule has 0 saturated carbocycles. The SMILES string of the molecule is CN1[C@H]2CC[C@@H]1[C@@H](c1ncc(-c3ccc(Cl)cc3)s1)[C@@H](c1ccc(Cl)cc1)C2. The second-order valence-electron chi connectivity index (χ2n) is 7.95. The first-order valence-corrected chi connectivity index (χ1v) is 11.4. The van der Waals surface area contributed by atoms with E-state index < -0.39 is 0 Å². The molecule has 2 nitrogen and oxygen atoms in total. The van der Waals surface area contributed by atoms with Gasteiger partial charge in [-0.25, -0.2) is 4.98 Å². The molecule has 0 radical (unpaired) electrons. The highest BCUT2D eigenvalue weighted by atomic mass is 35.5. The van der Waals surface area contributed by atoms with Crippen molar-refractivity contribution in [3.63, 3.8) is 0 Å². The standard InChI is InChI=1S/C23H22Cl2N2S/c1-27-18-10-11-20(27)22(19(12-18)14-2-6-16(24)7-3-14)23-26-13-21(28-23)15-4-8-17(25)9-5-15/h2-9,13,18-20,22H,10-12H2,1H3/t18-,19+,20+,22-/m0/s1. The number of benzene rings is 2. The molecule has 2 aliphatic rings. The Kier molecular flexibility index (Phi) is 4.96. The molecule has 4 atom stereocenters. The maximum Gasteiger partial charge on any atom is 0.0983 e. The molecule has 0 amide bonds. The number of likely N-dealkylation sites (N-methyl/N-ethyl adjacent to an activating group) is 1. The number of piperidine rings is 1. The Morgan fingerprint density at radius 1 is 0.964 bits per heavy atom. The van der Waals surface area contributed by atoms with Gasteiger partial charge < -0.3 is 0 Å².